The number of nitrogens with one attached hydrogen (secondary N) is 1. The summed E-state index contributed by atoms with van der Waals surface area (Å²) in [6.07, 6.45) is 6.44. The van der Waals surface area contributed by atoms with E-state index in [1.807, 2.05) is 38.6 Å². The lowest BCUT2D eigenvalue weighted by molar-refractivity contribution is -0.00806. The van der Waals surface area contributed by atoms with Crippen molar-refractivity contribution in [1.82, 2.24) is 20.0 Å². The number of aliphatic imine (C=N–C) groups is 1. The standard InChI is InChI=1S/C18H27N5O3.HI/c1-19-18(20-6-4-8-24-14-16-5-3-9-25-16)23-7-10-26-17(13-23)15-11-21-22(2)12-15;/h3,5,9,11-12,17H,4,6-8,10,13-14H2,1-2H3,(H,19,20);1H. The Morgan fingerprint density at radius 2 is 2.37 bits per heavy atom. The number of ether oxygens (including phenoxy) is 2. The molecule has 27 heavy (non-hydrogen) atoms. The van der Waals surface area contributed by atoms with E-state index in [9.17, 15) is 0 Å². The predicted octanol–water partition coefficient (Wildman–Crippen LogP) is 2.19. The third-order valence-electron chi connectivity index (χ3n) is 4.25. The minimum Gasteiger partial charge on any atom is -0.467 e. The van der Waals surface area contributed by atoms with Crippen LogP contribution in [0, 0.1) is 0 Å². The second kappa shape index (κ2) is 11.3. The van der Waals surface area contributed by atoms with Gasteiger partial charge in [-0.1, -0.05) is 0 Å². The smallest absolute Gasteiger partial charge is 0.193 e. The highest BCUT2D eigenvalue weighted by atomic mass is 127. The first-order valence-corrected chi connectivity index (χ1v) is 8.92. The Balaban J connectivity index is 0.00000261. The first kappa shape index (κ1) is 21.7. The second-order valence-electron chi connectivity index (χ2n) is 6.21. The molecule has 2 aromatic rings. The van der Waals surface area contributed by atoms with Crippen LogP contribution in [-0.4, -0.2) is 60.5 Å². The summed E-state index contributed by atoms with van der Waals surface area (Å²) in [6, 6.07) is 3.78. The van der Waals surface area contributed by atoms with Gasteiger partial charge in [-0.3, -0.25) is 9.67 Å². The van der Waals surface area contributed by atoms with Gasteiger partial charge in [-0.2, -0.15) is 5.10 Å². The highest BCUT2D eigenvalue weighted by Crippen LogP contribution is 2.21. The molecule has 1 atom stereocenters. The SMILES string of the molecule is CN=C(NCCCOCc1ccco1)N1CCOC(c2cnn(C)c2)C1.I. The molecule has 1 aliphatic heterocycles. The molecule has 0 aromatic carbocycles. The van der Waals surface area contributed by atoms with Gasteiger partial charge < -0.3 is 24.1 Å². The topological polar surface area (TPSA) is 77.1 Å². The van der Waals surface area contributed by atoms with Crippen LogP contribution in [0.2, 0.25) is 0 Å². The number of aromatic nitrogens is 2. The Hall–Kier alpha value is -1.59. The van der Waals surface area contributed by atoms with Crippen molar-refractivity contribution in [2.45, 2.75) is 19.1 Å². The van der Waals surface area contributed by atoms with Crippen LogP contribution in [-0.2, 0) is 23.1 Å². The van der Waals surface area contributed by atoms with Crippen LogP contribution in [0.15, 0.2) is 40.2 Å². The van der Waals surface area contributed by atoms with Crippen LogP contribution in [0.3, 0.4) is 0 Å². The maximum absolute atomic E-state index is 5.89. The van der Waals surface area contributed by atoms with Gasteiger partial charge >= 0.3 is 0 Å². The number of halogens is 1. The highest BCUT2D eigenvalue weighted by Gasteiger charge is 2.24. The predicted molar refractivity (Wildman–Crippen MR) is 113 cm³/mol. The molecule has 3 rings (SSSR count). The van der Waals surface area contributed by atoms with Crippen molar-refractivity contribution >= 4 is 29.9 Å². The second-order valence-corrected chi connectivity index (χ2v) is 6.21. The van der Waals surface area contributed by atoms with E-state index < -0.39 is 0 Å². The van der Waals surface area contributed by atoms with Crippen LogP contribution < -0.4 is 5.32 Å². The van der Waals surface area contributed by atoms with Gasteiger partial charge in [-0.15, -0.1) is 24.0 Å². The fraction of sp³-hybridized carbons (Fsp3) is 0.556. The van der Waals surface area contributed by atoms with E-state index in [0.29, 0.717) is 19.8 Å². The molecule has 150 valence electrons. The summed E-state index contributed by atoms with van der Waals surface area (Å²) in [5, 5.41) is 7.64. The molecule has 8 nitrogen and oxygen atoms in total. The van der Waals surface area contributed by atoms with Crippen LogP contribution in [0.5, 0.6) is 0 Å². The van der Waals surface area contributed by atoms with Crippen LogP contribution >= 0.6 is 24.0 Å². The molecule has 0 saturated carbocycles. The van der Waals surface area contributed by atoms with Gasteiger partial charge in [-0.25, -0.2) is 0 Å². The third-order valence-corrected chi connectivity index (χ3v) is 4.25. The minimum absolute atomic E-state index is 0. The first-order valence-electron chi connectivity index (χ1n) is 8.92. The van der Waals surface area contributed by atoms with Gasteiger partial charge in [0, 0.05) is 45.6 Å². The largest absolute Gasteiger partial charge is 0.467 e. The van der Waals surface area contributed by atoms with E-state index in [0.717, 1.165) is 43.3 Å². The number of nitrogens with zero attached hydrogens (tertiary/aromatic N) is 4. The van der Waals surface area contributed by atoms with E-state index in [2.05, 4.69) is 20.3 Å². The summed E-state index contributed by atoms with van der Waals surface area (Å²) >= 11 is 0. The van der Waals surface area contributed by atoms with Gasteiger partial charge in [0.1, 0.15) is 18.5 Å². The minimum atomic E-state index is 0. The van der Waals surface area contributed by atoms with Gasteiger partial charge in [0.2, 0.25) is 0 Å². The summed E-state index contributed by atoms with van der Waals surface area (Å²) in [5.41, 5.74) is 1.10. The van der Waals surface area contributed by atoms with Crippen LogP contribution in [0.4, 0.5) is 0 Å². The monoisotopic (exact) mass is 489 g/mol. The molecule has 0 radical (unpaired) electrons. The molecule has 0 spiro atoms. The average Bonchev–Trinajstić information content (AvgIpc) is 3.33. The lowest BCUT2D eigenvalue weighted by Gasteiger charge is -2.34. The third kappa shape index (κ3) is 6.51. The Labute approximate surface area is 176 Å². The quantitative estimate of drug-likeness (QED) is 0.278. The van der Waals surface area contributed by atoms with Crippen molar-refractivity contribution in [3.63, 3.8) is 0 Å². The lowest BCUT2D eigenvalue weighted by Crippen LogP contribution is -2.48. The number of rotatable bonds is 7. The fourth-order valence-corrected chi connectivity index (χ4v) is 2.92. The number of aryl methyl sites for hydroxylation is 1. The van der Waals surface area contributed by atoms with Gasteiger partial charge in [0.15, 0.2) is 5.96 Å². The van der Waals surface area contributed by atoms with Gasteiger partial charge in [-0.05, 0) is 18.6 Å². The van der Waals surface area contributed by atoms with Crippen molar-refractivity contribution in [1.29, 1.82) is 0 Å². The first-order chi connectivity index (χ1) is 12.8. The fourth-order valence-electron chi connectivity index (χ4n) is 2.92. The van der Waals surface area contributed by atoms with E-state index >= 15 is 0 Å². The molecule has 1 aliphatic rings. The lowest BCUT2D eigenvalue weighted by atomic mass is 10.1. The number of hydrogen-bond acceptors (Lipinski definition) is 5. The highest BCUT2D eigenvalue weighted by molar-refractivity contribution is 14.0. The van der Waals surface area contributed by atoms with E-state index in [-0.39, 0.29) is 30.1 Å². The molecule has 1 N–H and O–H groups in total. The summed E-state index contributed by atoms with van der Waals surface area (Å²) in [6.45, 7) is 4.25. The van der Waals surface area contributed by atoms with Crippen molar-refractivity contribution in [3.8, 4) is 0 Å². The molecule has 1 unspecified atom stereocenters. The maximum atomic E-state index is 5.89. The van der Waals surface area contributed by atoms with Crippen molar-refractivity contribution in [3.05, 3.63) is 42.1 Å². The molecular weight excluding hydrogens is 461 g/mol. The van der Waals surface area contributed by atoms with Crippen molar-refractivity contribution in [2.24, 2.45) is 12.0 Å². The zero-order valence-electron chi connectivity index (χ0n) is 15.8. The van der Waals surface area contributed by atoms with Crippen LogP contribution in [0.1, 0.15) is 23.8 Å². The van der Waals surface area contributed by atoms with E-state index in [4.69, 9.17) is 13.9 Å². The average molecular weight is 489 g/mol. The van der Waals surface area contributed by atoms with Crippen molar-refractivity contribution in [2.75, 3.05) is 39.9 Å². The molecule has 2 aromatic heterocycles. The summed E-state index contributed by atoms with van der Waals surface area (Å²) < 4.78 is 18.5. The molecule has 1 saturated heterocycles. The Morgan fingerprint density at radius 3 is 3.07 bits per heavy atom. The van der Waals surface area contributed by atoms with E-state index in [1.54, 1.807) is 10.9 Å². The Morgan fingerprint density at radius 1 is 1.48 bits per heavy atom. The summed E-state index contributed by atoms with van der Waals surface area (Å²) in [4.78, 5) is 6.63. The zero-order valence-corrected chi connectivity index (χ0v) is 18.2. The number of morpholine rings is 1. The Bertz CT molecular complexity index is 689. The molecular formula is C18H28IN5O3. The van der Waals surface area contributed by atoms with E-state index in [1.165, 1.54) is 0 Å². The molecule has 0 aliphatic carbocycles. The zero-order chi connectivity index (χ0) is 18.2. The summed E-state index contributed by atoms with van der Waals surface area (Å²) in [7, 11) is 3.73. The normalized spacial score (nSPS) is 17.6. The summed E-state index contributed by atoms with van der Waals surface area (Å²) in [5.74, 6) is 1.75. The number of furan rings is 1. The molecule has 1 fully saturated rings. The van der Waals surface area contributed by atoms with Crippen LogP contribution in [0.25, 0.3) is 0 Å². The van der Waals surface area contributed by atoms with Gasteiger partial charge in [0.05, 0.1) is 25.6 Å². The molecule has 0 amide bonds. The number of guanidine groups is 1. The maximum Gasteiger partial charge on any atom is 0.193 e. The van der Waals surface area contributed by atoms with Gasteiger partial charge in [0.25, 0.3) is 0 Å². The molecule has 9 heteroatoms. The number of hydrogen-bond donors (Lipinski definition) is 1. The molecule has 3 heterocycles. The molecule has 0 bridgehead atoms. The van der Waals surface area contributed by atoms with Crippen molar-refractivity contribution < 1.29 is 13.9 Å². The Kier molecular flexibility index (Phi) is 9.08.